The van der Waals surface area contributed by atoms with Crippen molar-refractivity contribution in [3.05, 3.63) is 82.5 Å². The van der Waals surface area contributed by atoms with Crippen LogP contribution in [0.25, 0.3) is 0 Å². The highest BCUT2D eigenvalue weighted by molar-refractivity contribution is 5.94. The molecule has 0 fully saturated rings. The number of hydrogen-bond donors (Lipinski definition) is 0. The lowest BCUT2D eigenvalue weighted by Crippen LogP contribution is -2.26. The van der Waals surface area contributed by atoms with Crippen LogP contribution < -0.4 is 4.74 Å². The molecule has 0 radical (unpaired) electrons. The topological polar surface area (TPSA) is 55.6 Å². The lowest BCUT2D eigenvalue weighted by atomic mass is 10.1. The molecule has 3 aromatic rings. The molecule has 5 nitrogen and oxygen atoms in total. The van der Waals surface area contributed by atoms with E-state index in [0.717, 1.165) is 22.6 Å². The quantitative estimate of drug-likeness (QED) is 0.652. The van der Waals surface area contributed by atoms with Crippen molar-refractivity contribution in [1.82, 2.24) is 10.1 Å². The molecule has 0 N–H and O–H groups in total. The van der Waals surface area contributed by atoms with Crippen LogP contribution in [0.2, 0.25) is 0 Å². The number of rotatable bonds is 6. The highest BCUT2D eigenvalue weighted by atomic mass is 19.1. The van der Waals surface area contributed by atoms with E-state index < -0.39 is 0 Å². The van der Waals surface area contributed by atoms with Gasteiger partial charge in [0.25, 0.3) is 5.91 Å². The van der Waals surface area contributed by atoms with Gasteiger partial charge in [0.05, 0.1) is 11.3 Å². The summed E-state index contributed by atoms with van der Waals surface area (Å²) in [6.45, 7) is 4.41. The lowest BCUT2D eigenvalue weighted by Gasteiger charge is -2.18. The summed E-state index contributed by atoms with van der Waals surface area (Å²) in [5.41, 5.74) is 3.08. The largest absolute Gasteiger partial charge is 0.489 e. The first kappa shape index (κ1) is 18.6. The summed E-state index contributed by atoms with van der Waals surface area (Å²) >= 11 is 0. The van der Waals surface area contributed by atoms with Crippen LogP contribution >= 0.6 is 0 Å². The van der Waals surface area contributed by atoms with Crippen molar-refractivity contribution in [1.29, 1.82) is 0 Å². The molecule has 2 aromatic carbocycles. The van der Waals surface area contributed by atoms with Crippen LogP contribution in [0, 0.1) is 19.7 Å². The average Bonchev–Trinajstić information content (AvgIpc) is 2.99. The zero-order valence-corrected chi connectivity index (χ0v) is 15.5. The summed E-state index contributed by atoms with van der Waals surface area (Å²) in [6.07, 6.45) is 0. The zero-order chi connectivity index (χ0) is 19.4. The molecule has 0 saturated heterocycles. The fraction of sp³-hybridized carbons (Fsp3) is 0.238. The van der Waals surface area contributed by atoms with Crippen molar-refractivity contribution in [3.8, 4) is 5.75 Å². The fourth-order valence-electron chi connectivity index (χ4n) is 2.74. The molecule has 0 aliphatic heterocycles. The van der Waals surface area contributed by atoms with E-state index in [-0.39, 0.29) is 11.7 Å². The van der Waals surface area contributed by atoms with E-state index >= 15 is 0 Å². The maximum Gasteiger partial charge on any atom is 0.254 e. The highest BCUT2D eigenvalue weighted by Crippen LogP contribution is 2.19. The van der Waals surface area contributed by atoms with E-state index in [9.17, 15) is 9.18 Å². The predicted molar refractivity (Wildman–Crippen MR) is 98.9 cm³/mol. The number of aryl methyl sites for hydroxylation is 2. The van der Waals surface area contributed by atoms with Crippen LogP contribution in [0.15, 0.2) is 53.1 Å². The van der Waals surface area contributed by atoms with Crippen LogP contribution in [0.4, 0.5) is 4.39 Å². The molecule has 0 aliphatic rings. The van der Waals surface area contributed by atoms with Gasteiger partial charge in [-0.3, -0.25) is 4.79 Å². The van der Waals surface area contributed by atoms with Crippen LogP contribution in [0.1, 0.15) is 32.9 Å². The van der Waals surface area contributed by atoms with Gasteiger partial charge in [-0.1, -0.05) is 23.4 Å². The molecule has 0 atom stereocenters. The third-order valence-corrected chi connectivity index (χ3v) is 4.33. The number of halogens is 1. The van der Waals surface area contributed by atoms with Crippen molar-refractivity contribution >= 4 is 5.91 Å². The van der Waals surface area contributed by atoms with Crippen LogP contribution in [0.5, 0.6) is 5.75 Å². The molecule has 1 heterocycles. The fourth-order valence-corrected chi connectivity index (χ4v) is 2.74. The Kier molecular flexibility index (Phi) is 5.54. The summed E-state index contributed by atoms with van der Waals surface area (Å²) in [7, 11) is 1.71. The summed E-state index contributed by atoms with van der Waals surface area (Å²) in [5, 5.41) is 3.90. The Hall–Kier alpha value is -3.15. The number of benzene rings is 2. The first-order valence-corrected chi connectivity index (χ1v) is 8.58. The molecule has 1 amide bonds. The highest BCUT2D eigenvalue weighted by Gasteiger charge is 2.14. The van der Waals surface area contributed by atoms with Gasteiger partial charge in [-0.25, -0.2) is 4.39 Å². The summed E-state index contributed by atoms with van der Waals surface area (Å²) in [6, 6.07) is 13.1. The Morgan fingerprint density at radius 3 is 2.59 bits per heavy atom. The van der Waals surface area contributed by atoms with E-state index in [2.05, 4.69) is 5.16 Å². The monoisotopic (exact) mass is 368 g/mol. The average molecular weight is 368 g/mol. The minimum atomic E-state index is -0.295. The van der Waals surface area contributed by atoms with Crippen molar-refractivity contribution in [3.63, 3.8) is 0 Å². The molecule has 27 heavy (non-hydrogen) atoms. The number of amides is 1. The number of aromatic nitrogens is 1. The molecule has 0 aliphatic carbocycles. The smallest absolute Gasteiger partial charge is 0.254 e. The number of carbonyl (C=O) groups excluding carboxylic acids is 1. The van der Waals surface area contributed by atoms with E-state index in [1.54, 1.807) is 48.3 Å². The third kappa shape index (κ3) is 4.53. The first-order chi connectivity index (χ1) is 12.9. The Bertz CT molecular complexity index is 915. The van der Waals surface area contributed by atoms with Gasteiger partial charge in [-0.2, -0.15) is 0 Å². The predicted octanol–water partition coefficient (Wildman–Crippen LogP) is 4.28. The van der Waals surface area contributed by atoms with Crippen molar-refractivity contribution in [2.24, 2.45) is 0 Å². The van der Waals surface area contributed by atoms with Crippen molar-refractivity contribution in [2.45, 2.75) is 27.0 Å². The number of hydrogen-bond acceptors (Lipinski definition) is 4. The van der Waals surface area contributed by atoms with E-state index in [1.807, 2.05) is 13.8 Å². The van der Waals surface area contributed by atoms with Gasteiger partial charge in [0.1, 0.15) is 23.9 Å². The van der Waals surface area contributed by atoms with Crippen LogP contribution in [-0.4, -0.2) is 23.0 Å². The number of ether oxygens (including phenoxy) is 1. The van der Waals surface area contributed by atoms with Gasteiger partial charge in [-0.05, 0) is 49.7 Å². The molecular formula is C21H21FN2O3. The van der Waals surface area contributed by atoms with Crippen molar-refractivity contribution in [2.75, 3.05) is 7.05 Å². The second-order valence-electron chi connectivity index (χ2n) is 6.41. The normalized spacial score (nSPS) is 10.7. The van der Waals surface area contributed by atoms with E-state index in [4.69, 9.17) is 9.26 Å². The molecular weight excluding hydrogens is 347 g/mol. The molecule has 0 spiro atoms. The zero-order valence-electron chi connectivity index (χ0n) is 15.5. The minimum absolute atomic E-state index is 0.137. The maximum absolute atomic E-state index is 13.0. The van der Waals surface area contributed by atoms with Gasteiger partial charge in [-0.15, -0.1) is 0 Å². The van der Waals surface area contributed by atoms with Gasteiger partial charge >= 0.3 is 0 Å². The molecule has 0 unspecified atom stereocenters. The van der Waals surface area contributed by atoms with Gasteiger partial charge in [0, 0.05) is 19.2 Å². The molecule has 1 aromatic heterocycles. The van der Waals surface area contributed by atoms with Gasteiger partial charge in [0.15, 0.2) is 0 Å². The third-order valence-electron chi connectivity index (χ3n) is 4.33. The number of nitrogens with zero attached hydrogens (tertiary/aromatic N) is 2. The Morgan fingerprint density at radius 2 is 1.93 bits per heavy atom. The summed E-state index contributed by atoms with van der Waals surface area (Å²) < 4.78 is 23.9. The minimum Gasteiger partial charge on any atom is -0.489 e. The van der Waals surface area contributed by atoms with E-state index in [0.29, 0.717) is 24.5 Å². The molecule has 0 bridgehead atoms. The second kappa shape index (κ2) is 8.03. The Morgan fingerprint density at radius 1 is 1.19 bits per heavy atom. The lowest BCUT2D eigenvalue weighted by molar-refractivity contribution is 0.0784. The first-order valence-electron chi connectivity index (χ1n) is 8.58. The standard InChI is InChI=1S/C21H21FN2O3/c1-14-20(15(2)27-23-14)13-26-19-6-4-5-17(11-19)21(25)24(3)12-16-7-9-18(22)10-8-16/h4-11H,12-13H2,1-3H3. The summed E-state index contributed by atoms with van der Waals surface area (Å²) in [5.74, 6) is 0.882. The van der Waals surface area contributed by atoms with E-state index in [1.165, 1.54) is 12.1 Å². The van der Waals surface area contributed by atoms with Crippen LogP contribution in [-0.2, 0) is 13.2 Å². The molecule has 6 heteroatoms. The molecule has 0 saturated carbocycles. The maximum atomic E-state index is 13.0. The number of carbonyl (C=O) groups is 1. The summed E-state index contributed by atoms with van der Waals surface area (Å²) in [4.78, 5) is 14.3. The Balaban J connectivity index is 1.66. The van der Waals surface area contributed by atoms with Crippen LogP contribution in [0.3, 0.4) is 0 Å². The van der Waals surface area contributed by atoms with Gasteiger partial charge in [0.2, 0.25) is 0 Å². The second-order valence-corrected chi connectivity index (χ2v) is 6.41. The SMILES string of the molecule is Cc1noc(C)c1COc1cccc(C(=O)N(C)Cc2ccc(F)cc2)c1. The van der Waals surface area contributed by atoms with Gasteiger partial charge < -0.3 is 14.2 Å². The van der Waals surface area contributed by atoms with Crippen molar-refractivity contribution < 1.29 is 18.4 Å². The molecule has 3 rings (SSSR count). The Labute approximate surface area is 157 Å². The molecule has 140 valence electrons.